The summed E-state index contributed by atoms with van der Waals surface area (Å²) in [7, 11) is -2.64. The van der Waals surface area contributed by atoms with Gasteiger partial charge in [0.25, 0.3) is 0 Å². The summed E-state index contributed by atoms with van der Waals surface area (Å²) >= 11 is 0. The molecule has 31 heavy (non-hydrogen) atoms. The van der Waals surface area contributed by atoms with Gasteiger partial charge in [-0.05, 0) is 36.8 Å². The van der Waals surface area contributed by atoms with Gasteiger partial charge < -0.3 is 17.0 Å². The second kappa shape index (κ2) is 9.81. The lowest BCUT2D eigenvalue weighted by Crippen LogP contribution is -3.00. The third-order valence-corrected chi connectivity index (χ3v) is 10.7. The van der Waals surface area contributed by atoms with Crippen molar-refractivity contribution in [2.24, 2.45) is 0 Å². The molecule has 0 N–H and O–H groups in total. The van der Waals surface area contributed by atoms with Crippen LogP contribution in [0.4, 0.5) is 13.2 Å². The first-order valence-electron chi connectivity index (χ1n) is 10.1. The van der Waals surface area contributed by atoms with E-state index in [0.717, 1.165) is 10.6 Å². The lowest BCUT2D eigenvalue weighted by molar-refractivity contribution is -0.144. The minimum absolute atomic E-state index is 0. The molecular weight excluding hydrogens is 486 g/mol. The molecular formula is C24H24BrF3NOP. The first kappa shape index (κ1) is 23.9. The Bertz CT molecular complexity index is 920. The van der Waals surface area contributed by atoms with Crippen molar-refractivity contribution in [1.82, 2.24) is 4.90 Å². The molecule has 1 heterocycles. The van der Waals surface area contributed by atoms with Gasteiger partial charge in [-0.3, -0.25) is 9.69 Å². The molecule has 2 aromatic rings. The average molecular weight is 510 g/mol. The van der Waals surface area contributed by atoms with Crippen molar-refractivity contribution in [1.29, 1.82) is 0 Å². The molecule has 0 aromatic heterocycles. The van der Waals surface area contributed by atoms with Crippen LogP contribution in [-0.2, 0) is 4.79 Å². The number of ketones is 1. The highest BCUT2D eigenvalue weighted by Crippen LogP contribution is 2.70. The van der Waals surface area contributed by atoms with E-state index in [9.17, 15) is 18.0 Å². The van der Waals surface area contributed by atoms with Crippen LogP contribution in [0, 0.1) is 0 Å². The van der Waals surface area contributed by atoms with Gasteiger partial charge >= 0.3 is 6.18 Å². The Labute approximate surface area is 191 Å². The number of alkyl halides is 3. The predicted octanol–water partition coefficient (Wildman–Crippen LogP) is 2.06. The van der Waals surface area contributed by atoms with Crippen molar-refractivity contribution in [3.8, 4) is 0 Å². The van der Waals surface area contributed by atoms with E-state index < -0.39 is 20.0 Å². The highest BCUT2D eigenvalue weighted by Gasteiger charge is 2.59. The molecule has 0 radical (unpaired) electrons. The number of benzene rings is 2. The minimum Gasteiger partial charge on any atom is -1.00 e. The van der Waals surface area contributed by atoms with Crippen LogP contribution < -0.4 is 27.6 Å². The fraction of sp³-hybridized carbons (Fsp3) is 0.292. The van der Waals surface area contributed by atoms with Crippen molar-refractivity contribution in [3.63, 3.8) is 0 Å². The molecule has 7 heteroatoms. The Morgan fingerprint density at radius 1 is 0.968 bits per heavy atom. The maximum Gasteiger partial charge on any atom is 0.401 e. The standard InChI is InChI=1S/C24H24F3NOP.BrH/c25-24(26,27)18-28-17-9-16-23(28)30(19-10-3-1-4-11-19,20-12-5-2-6-13-20)22-15-8-7-14-21(22)29;/h1-8,10-13,15,23H,9,14,16-18H2;1H/q+1;/p-1. The van der Waals surface area contributed by atoms with Crippen LogP contribution >= 0.6 is 7.26 Å². The summed E-state index contributed by atoms with van der Waals surface area (Å²) in [6.07, 6.45) is 2.89. The van der Waals surface area contributed by atoms with E-state index in [0.29, 0.717) is 31.1 Å². The van der Waals surface area contributed by atoms with Gasteiger partial charge in [-0.1, -0.05) is 48.6 Å². The topological polar surface area (TPSA) is 20.3 Å². The third kappa shape index (κ3) is 4.72. The number of hydrogen-bond acceptors (Lipinski definition) is 2. The molecule has 1 fully saturated rings. The zero-order chi connectivity index (χ0) is 21.2. The van der Waals surface area contributed by atoms with Crippen molar-refractivity contribution >= 4 is 23.7 Å². The monoisotopic (exact) mass is 509 g/mol. The number of rotatable bonds is 5. The van der Waals surface area contributed by atoms with Gasteiger partial charge in [0.1, 0.15) is 29.0 Å². The number of carbonyl (C=O) groups is 1. The summed E-state index contributed by atoms with van der Waals surface area (Å²) < 4.78 is 40.4. The largest absolute Gasteiger partial charge is 1.00 e. The van der Waals surface area contributed by atoms with Crippen molar-refractivity contribution in [3.05, 3.63) is 84.2 Å². The summed E-state index contributed by atoms with van der Waals surface area (Å²) in [5.41, 5.74) is 0. The zero-order valence-corrected chi connectivity index (χ0v) is 19.4. The molecule has 0 amide bonds. The van der Waals surface area contributed by atoms with E-state index in [2.05, 4.69) is 0 Å². The van der Waals surface area contributed by atoms with E-state index >= 15 is 0 Å². The van der Waals surface area contributed by atoms with Crippen molar-refractivity contribution in [2.45, 2.75) is 31.2 Å². The van der Waals surface area contributed by atoms with Crippen LogP contribution in [0.5, 0.6) is 0 Å². The summed E-state index contributed by atoms with van der Waals surface area (Å²) in [6.45, 7) is -0.556. The number of hydrogen-bond donors (Lipinski definition) is 0. The first-order valence-corrected chi connectivity index (χ1v) is 12.0. The molecule has 1 saturated heterocycles. The molecule has 0 spiro atoms. The van der Waals surface area contributed by atoms with Gasteiger partial charge in [0.15, 0.2) is 0 Å². The van der Waals surface area contributed by atoms with E-state index in [1.807, 2.05) is 78.9 Å². The Kier molecular flexibility index (Phi) is 7.56. The molecule has 164 valence electrons. The Morgan fingerprint density at radius 3 is 2.06 bits per heavy atom. The molecule has 0 saturated carbocycles. The molecule has 1 unspecified atom stereocenters. The summed E-state index contributed by atoms with van der Waals surface area (Å²) in [4.78, 5) is 14.8. The van der Waals surface area contributed by atoms with Crippen LogP contribution in [0.15, 0.2) is 84.2 Å². The average Bonchev–Trinajstić information content (AvgIpc) is 3.18. The fourth-order valence-electron chi connectivity index (χ4n) is 4.77. The van der Waals surface area contributed by atoms with Gasteiger partial charge in [-0.2, -0.15) is 13.2 Å². The molecule has 0 bridgehead atoms. The second-order valence-electron chi connectivity index (χ2n) is 7.71. The van der Waals surface area contributed by atoms with E-state index in [1.165, 1.54) is 0 Å². The van der Waals surface area contributed by atoms with Gasteiger partial charge in [0.2, 0.25) is 5.78 Å². The maximum atomic E-state index is 13.5. The van der Waals surface area contributed by atoms with E-state index in [1.54, 1.807) is 4.90 Å². The maximum absolute atomic E-state index is 13.5. The Hall–Kier alpha value is -1.75. The van der Waals surface area contributed by atoms with Crippen LogP contribution in [0.2, 0.25) is 0 Å². The number of halogens is 4. The van der Waals surface area contributed by atoms with E-state index in [4.69, 9.17) is 0 Å². The molecule has 4 rings (SSSR count). The summed E-state index contributed by atoms with van der Waals surface area (Å²) in [5, 5.41) is 2.61. The lowest BCUT2D eigenvalue weighted by atomic mass is 10.2. The SMILES string of the molecule is O=C1CC=CC=C1[P+](c1ccccc1)(c1ccccc1)C1CCCN1CC(F)(F)F.[Br-]. The Balaban J connectivity index is 0.00000272. The van der Waals surface area contributed by atoms with Crippen LogP contribution in [-0.4, -0.2) is 35.7 Å². The smallest absolute Gasteiger partial charge is 0.401 e. The van der Waals surface area contributed by atoms with Crippen LogP contribution in [0.3, 0.4) is 0 Å². The number of Topliss-reactive ketones (excluding diaryl/α,β-unsaturated/α-hetero) is 1. The van der Waals surface area contributed by atoms with Gasteiger partial charge in [0.05, 0.1) is 6.54 Å². The quantitative estimate of drug-likeness (QED) is 0.575. The highest BCUT2D eigenvalue weighted by atomic mass is 79.9. The Morgan fingerprint density at radius 2 is 1.55 bits per heavy atom. The van der Waals surface area contributed by atoms with Crippen LogP contribution in [0.1, 0.15) is 19.3 Å². The van der Waals surface area contributed by atoms with Gasteiger partial charge in [-0.15, -0.1) is 0 Å². The molecule has 1 atom stereocenters. The number of carbonyl (C=O) groups excluding carboxylic acids is 1. The predicted molar refractivity (Wildman–Crippen MR) is 117 cm³/mol. The summed E-state index contributed by atoms with van der Waals surface area (Å²) in [5.74, 6) is -0.344. The van der Waals surface area contributed by atoms with Crippen molar-refractivity contribution in [2.75, 3.05) is 13.1 Å². The molecule has 2 aromatic carbocycles. The number of nitrogens with zero attached hydrogens (tertiary/aromatic N) is 1. The summed E-state index contributed by atoms with van der Waals surface area (Å²) in [6, 6.07) is 19.4. The molecule has 1 aliphatic heterocycles. The molecule has 2 aliphatic rings. The zero-order valence-electron chi connectivity index (χ0n) is 16.9. The third-order valence-electron chi connectivity index (χ3n) is 5.84. The van der Waals surface area contributed by atoms with Gasteiger partial charge in [0, 0.05) is 19.4 Å². The van der Waals surface area contributed by atoms with Crippen molar-refractivity contribution < 1.29 is 34.9 Å². The molecule has 1 aliphatic carbocycles. The highest BCUT2D eigenvalue weighted by molar-refractivity contribution is 7.94. The van der Waals surface area contributed by atoms with Gasteiger partial charge in [-0.25, -0.2) is 0 Å². The van der Waals surface area contributed by atoms with E-state index in [-0.39, 0.29) is 28.5 Å². The molecule has 2 nitrogen and oxygen atoms in total. The lowest BCUT2D eigenvalue weighted by Gasteiger charge is -2.38. The first-order chi connectivity index (χ1) is 14.4. The number of likely N-dealkylation sites (tertiary alicyclic amines) is 1. The normalized spacial score (nSPS) is 19.8. The minimum atomic E-state index is -4.28. The number of allylic oxidation sites excluding steroid dienone is 4. The van der Waals surface area contributed by atoms with Crippen LogP contribution in [0.25, 0.3) is 0 Å². The second-order valence-corrected chi connectivity index (χ2v) is 11.3. The fourth-order valence-corrected chi connectivity index (χ4v) is 9.98.